The molecule has 7 heteroatoms. The topological polar surface area (TPSA) is 91.7 Å². The van der Waals surface area contributed by atoms with Crippen LogP contribution in [0.4, 0.5) is 0 Å². The third-order valence-corrected chi connectivity index (χ3v) is 6.05. The fourth-order valence-electron chi connectivity index (χ4n) is 2.65. The van der Waals surface area contributed by atoms with E-state index < -0.39 is 20.8 Å². The molecule has 0 saturated carbocycles. The molecule has 0 spiro atoms. The molecule has 0 rings (SSSR count). The fraction of sp³-hybridized carbons (Fsp3) is 0.941. The van der Waals surface area contributed by atoms with Crippen LogP contribution in [0.5, 0.6) is 0 Å². The summed E-state index contributed by atoms with van der Waals surface area (Å²) in [7, 11) is -4.58. The second-order valence-corrected chi connectivity index (χ2v) is 8.50. The van der Waals surface area contributed by atoms with Crippen LogP contribution in [-0.2, 0) is 14.9 Å². The number of hydrogen-bond donors (Lipinski definition) is 2. The smallest absolute Gasteiger partial charge is 0.327 e. The van der Waals surface area contributed by atoms with E-state index in [1.807, 2.05) is 0 Å². The molecule has 5 nitrogen and oxygen atoms in total. The van der Waals surface area contributed by atoms with Crippen LogP contribution >= 0.6 is 0 Å². The van der Waals surface area contributed by atoms with Gasteiger partial charge in [0.15, 0.2) is 4.75 Å². The van der Waals surface area contributed by atoms with E-state index in [1.54, 1.807) is 0 Å². The second kappa shape index (κ2) is 14.5. The number of carboxylic acids is 1. The molecule has 0 aliphatic rings. The molecule has 0 heterocycles. The molecule has 0 bridgehead atoms. The molecule has 0 aromatic carbocycles. The first-order chi connectivity index (χ1) is 10.8. The average Bonchev–Trinajstić information content (AvgIpc) is 2.46. The van der Waals surface area contributed by atoms with Crippen molar-refractivity contribution in [3.63, 3.8) is 0 Å². The Morgan fingerprint density at radius 3 is 1.46 bits per heavy atom. The zero-order valence-electron chi connectivity index (χ0n) is 15.7. The second-order valence-electron chi connectivity index (χ2n) is 6.65. The van der Waals surface area contributed by atoms with Gasteiger partial charge in [0.2, 0.25) is 0 Å². The minimum atomic E-state index is -4.58. The minimum Gasteiger partial charge on any atom is -0.480 e. The first-order valence-electron chi connectivity index (χ1n) is 8.96. The Hall–Kier alpha value is 0.380. The third-order valence-electron chi connectivity index (χ3n) is 4.53. The predicted molar refractivity (Wildman–Crippen MR) is 99.0 cm³/mol. The maximum absolute atomic E-state index is 11.2. The van der Waals surface area contributed by atoms with Gasteiger partial charge >= 0.3 is 5.97 Å². The Morgan fingerprint density at radius 1 is 0.833 bits per heavy atom. The SMILES string of the molecule is CCCCCCCCCCCCCCC(C)(C(=O)O)S(=O)(=O)O.[Na]. The van der Waals surface area contributed by atoms with Crippen molar-refractivity contribution in [1.29, 1.82) is 0 Å². The van der Waals surface area contributed by atoms with Crippen LogP contribution in [0.1, 0.15) is 97.3 Å². The molecule has 0 aromatic rings. The Morgan fingerprint density at radius 2 is 1.17 bits per heavy atom. The Bertz CT molecular complexity index is 425. The van der Waals surface area contributed by atoms with Gasteiger partial charge in [-0.15, -0.1) is 0 Å². The van der Waals surface area contributed by atoms with Crippen LogP contribution in [0.3, 0.4) is 0 Å². The Kier molecular flexibility index (Phi) is 16.1. The molecule has 0 aromatic heterocycles. The first-order valence-corrected chi connectivity index (χ1v) is 10.4. The normalized spacial score (nSPS) is 14.0. The quantitative estimate of drug-likeness (QED) is 0.252. The van der Waals surface area contributed by atoms with Crippen molar-refractivity contribution >= 4 is 45.6 Å². The summed E-state index contributed by atoms with van der Waals surface area (Å²) in [6.07, 6.45) is 13.6. The summed E-state index contributed by atoms with van der Waals surface area (Å²) in [6, 6.07) is 0. The van der Waals surface area contributed by atoms with Crippen molar-refractivity contribution in [2.24, 2.45) is 0 Å². The summed E-state index contributed by atoms with van der Waals surface area (Å²) in [5, 5.41) is 9.01. The summed E-state index contributed by atoms with van der Waals surface area (Å²) in [5.41, 5.74) is 0. The Balaban J connectivity index is 0. The van der Waals surface area contributed by atoms with Gasteiger partial charge < -0.3 is 5.11 Å². The molecule has 0 aliphatic heterocycles. The number of rotatable bonds is 15. The van der Waals surface area contributed by atoms with Gasteiger partial charge in [-0.1, -0.05) is 84.0 Å². The van der Waals surface area contributed by atoms with E-state index in [4.69, 9.17) is 9.66 Å². The van der Waals surface area contributed by atoms with Crippen molar-refractivity contribution in [2.45, 2.75) is 102 Å². The van der Waals surface area contributed by atoms with Crippen molar-refractivity contribution in [1.82, 2.24) is 0 Å². The predicted octanol–water partition coefficient (Wildman–Crippen LogP) is 4.43. The van der Waals surface area contributed by atoms with Gasteiger partial charge in [0.25, 0.3) is 10.1 Å². The average molecular weight is 374 g/mol. The van der Waals surface area contributed by atoms with Gasteiger partial charge in [-0.3, -0.25) is 9.35 Å². The molecule has 139 valence electrons. The molecule has 1 unspecified atom stereocenters. The van der Waals surface area contributed by atoms with Gasteiger partial charge in [0.1, 0.15) is 0 Å². The largest absolute Gasteiger partial charge is 0.480 e. The number of hydrogen-bond acceptors (Lipinski definition) is 3. The van der Waals surface area contributed by atoms with Gasteiger partial charge in [-0.25, -0.2) is 0 Å². The van der Waals surface area contributed by atoms with E-state index in [0.29, 0.717) is 6.42 Å². The van der Waals surface area contributed by atoms with E-state index in [1.165, 1.54) is 51.4 Å². The van der Waals surface area contributed by atoms with Crippen LogP contribution in [0.25, 0.3) is 0 Å². The van der Waals surface area contributed by atoms with E-state index in [9.17, 15) is 13.2 Å². The Labute approximate surface area is 170 Å². The number of carboxylic acid groups (broad SMARTS) is 1. The number of aliphatic carboxylic acids is 1. The van der Waals surface area contributed by atoms with Gasteiger partial charge in [0, 0.05) is 29.6 Å². The minimum absolute atomic E-state index is 0. The number of carbonyl (C=O) groups is 1. The molecule has 24 heavy (non-hydrogen) atoms. The van der Waals surface area contributed by atoms with Crippen molar-refractivity contribution in [3.05, 3.63) is 0 Å². The summed E-state index contributed by atoms with van der Waals surface area (Å²) in [4.78, 5) is 11.1. The molecule has 0 amide bonds. The van der Waals surface area contributed by atoms with Crippen molar-refractivity contribution < 1.29 is 22.9 Å². The summed E-state index contributed by atoms with van der Waals surface area (Å²) in [6.45, 7) is 3.29. The zero-order chi connectivity index (χ0) is 17.8. The van der Waals surface area contributed by atoms with Gasteiger partial charge in [0.05, 0.1) is 0 Å². The van der Waals surface area contributed by atoms with Crippen LogP contribution in [0.15, 0.2) is 0 Å². The standard InChI is InChI=1S/C17H34O5S.Na/c1-3-4-5-6-7-8-9-10-11-12-13-14-15-17(2,16(18)19)23(20,21)22;/h3-15H2,1-2H3,(H,18,19)(H,20,21,22);. The van der Waals surface area contributed by atoms with Gasteiger partial charge in [-0.05, 0) is 13.3 Å². The summed E-state index contributed by atoms with van der Waals surface area (Å²) in [5.74, 6) is -1.48. The van der Waals surface area contributed by atoms with Crippen LogP contribution in [-0.4, -0.2) is 58.4 Å². The van der Waals surface area contributed by atoms with E-state index in [2.05, 4.69) is 6.92 Å². The molecule has 0 saturated heterocycles. The molecule has 2 N–H and O–H groups in total. The van der Waals surface area contributed by atoms with Crippen molar-refractivity contribution in [3.8, 4) is 0 Å². The van der Waals surface area contributed by atoms with Crippen LogP contribution in [0.2, 0.25) is 0 Å². The molecule has 1 radical (unpaired) electrons. The number of unbranched alkanes of at least 4 members (excludes halogenated alkanes) is 11. The summed E-state index contributed by atoms with van der Waals surface area (Å²) >= 11 is 0. The first kappa shape index (κ1) is 26.6. The fourth-order valence-corrected chi connectivity index (χ4v) is 3.27. The molecular formula is C17H34NaO5S. The van der Waals surface area contributed by atoms with E-state index in [0.717, 1.165) is 26.2 Å². The molecule has 0 aliphatic carbocycles. The van der Waals surface area contributed by atoms with Crippen LogP contribution in [0, 0.1) is 0 Å². The third kappa shape index (κ3) is 11.1. The monoisotopic (exact) mass is 373 g/mol. The molecule has 1 atom stereocenters. The van der Waals surface area contributed by atoms with Crippen molar-refractivity contribution in [2.75, 3.05) is 0 Å². The molecular weight excluding hydrogens is 339 g/mol. The van der Waals surface area contributed by atoms with E-state index in [-0.39, 0.29) is 36.0 Å². The van der Waals surface area contributed by atoms with Crippen LogP contribution < -0.4 is 0 Å². The zero-order valence-corrected chi connectivity index (χ0v) is 18.5. The maximum atomic E-state index is 11.2. The maximum Gasteiger partial charge on any atom is 0.327 e. The molecule has 0 fully saturated rings. The van der Waals surface area contributed by atoms with Gasteiger partial charge in [-0.2, -0.15) is 8.42 Å². The summed E-state index contributed by atoms with van der Waals surface area (Å²) < 4.78 is 29.4. The van der Waals surface area contributed by atoms with E-state index >= 15 is 0 Å².